The Kier molecular flexibility index (Phi) is 6.55. The van der Waals surface area contributed by atoms with Crippen molar-refractivity contribution in [2.45, 2.75) is 40.2 Å². The lowest BCUT2D eigenvalue weighted by Crippen LogP contribution is -2.23. The van der Waals surface area contributed by atoms with Gasteiger partial charge in [-0.3, -0.25) is 4.79 Å². The average molecular weight is 360 g/mol. The number of hydrogen-bond donors (Lipinski definition) is 1. The lowest BCUT2D eigenvalue weighted by atomic mass is 10.0. The molecule has 2 aromatic rings. The van der Waals surface area contributed by atoms with Gasteiger partial charge in [-0.1, -0.05) is 18.2 Å². The predicted octanol–water partition coefficient (Wildman–Crippen LogP) is 3.21. The quantitative estimate of drug-likeness (QED) is 0.772. The van der Waals surface area contributed by atoms with Crippen molar-refractivity contribution >= 4 is 11.9 Å². The van der Waals surface area contributed by atoms with E-state index >= 15 is 0 Å². The first kappa shape index (κ1) is 19.7. The van der Waals surface area contributed by atoms with E-state index in [1.165, 1.54) is 6.07 Å². The van der Waals surface area contributed by atoms with Crippen LogP contribution in [0.25, 0.3) is 0 Å². The Balaban J connectivity index is 2.01. The molecular formula is C20H25FN2O3. The van der Waals surface area contributed by atoms with Crippen LogP contribution in [0.15, 0.2) is 24.3 Å². The van der Waals surface area contributed by atoms with E-state index in [1.54, 1.807) is 29.7 Å². The van der Waals surface area contributed by atoms with Gasteiger partial charge in [0.25, 0.3) is 0 Å². The molecule has 2 rings (SSSR count). The van der Waals surface area contributed by atoms with E-state index in [2.05, 4.69) is 5.32 Å². The Labute approximate surface area is 153 Å². The summed E-state index contributed by atoms with van der Waals surface area (Å²) in [6.07, 6.45) is 0.774. The summed E-state index contributed by atoms with van der Waals surface area (Å²) in [6.45, 7) is 6.03. The van der Waals surface area contributed by atoms with Crippen LogP contribution in [0.4, 0.5) is 4.39 Å². The lowest BCUT2D eigenvalue weighted by molar-refractivity contribution is -0.121. The molecule has 1 N–H and O–H groups in total. The van der Waals surface area contributed by atoms with Gasteiger partial charge in [0.05, 0.1) is 6.61 Å². The number of halogens is 1. The fraction of sp³-hybridized carbons (Fsp3) is 0.400. The minimum Gasteiger partial charge on any atom is -0.461 e. The number of rotatable bonds is 7. The molecule has 0 saturated carbocycles. The van der Waals surface area contributed by atoms with E-state index in [4.69, 9.17) is 4.74 Å². The van der Waals surface area contributed by atoms with Crippen LogP contribution in [0.5, 0.6) is 0 Å². The molecule has 0 spiro atoms. The van der Waals surface area contributed by atoms with Crippen molar-refractivity contribution in [3.05, 3.63) is 58.2 Å². The first-order valence-electron chi connectivity index (χ1n) is 8.68. The zero-order valence-electron chi connectivity index (χ0n) is 15.7. The first-order chi connectivity index (χ1) is 12.4. The van der Waals surface area contributed by atoms with Crippen LogP contribution >= 0.6 is 0 Å². The third kappa shape index (κ3) is 4.31. The van der Waals surface area contributed by atoms with Crippen molar-refractivity contribution < 1.29 is 18.7 Å². The molecule has 0 bridgehead atoms. The topological polar surface area (TPSA) is 60.3 Å². The second-order valence-corrected chi connectivity index (χ2v) is 6.19. The van der Waals surface area contributed by atoms with Gasteiger partial charge in [-0.2, -0.15) is 0 Å². The van der Waals surface area contributed by atoms with Gasteiger partial charge in [0.2, 0.25) is 5.91 Å². The minimum absolute atomic E-state index is 0.159. The summed E-state index contributed by atoms with van der Waals surface area (Å²) < 4.78 is 20.5. The molecule has 0 atom stereocenters. The molecule has 0 saturated heterocycles. The van der Waals surface area contributed by atoms with Crippen molar-refractivity contribution in [2.24, 2.45) is 7.05 Å². The van der Waals surface area contributed by atoms with E-state index in [0.29, 0.717) is 24.3 Å². The zero-order chi connectivity index (χ0) is 19.3. The molecule has 1 heterocycles. The standard InChI is InChI=1S/C20H25FN2O3/c1-5-26-20(25)19-13(2)16(14(3)23(19)4)10-11-18(24)22-12-15-8-6-7-9-17(15)21/h6-9H,5,10-12H2,1-4H3,(H,22,24). The summed E-state index contributed by atoms with van der Waals surface area (Å²) in [5, 5.41) is 2.74. The fourth-order valence-corrected chi connectivity index (χ4v) is 3.06. The Morgan fingerprint density at radius 3 is 2.58 bits per heavy atom. The molecule has 0 aliphatic carbocycles. The highest BCUT2D eigenvalue weighted by Crippen LogP contribution is 2.23. The summed E-state index contributed by atoms with van der Waals surface area (Å²) in [6, 6.07) is 6.36. The van der Waals surface area contributed by atoms with Crippen LogP contribution in [0.2, 0.25) is 0 Å². The molecule has 0 fully saturated rings. The predicted molar refractivity (Wildman–Crippen MR) is 97.4 cm³/mol. The molecule has 5 nitrogen and oxygen atoms in total. The third-order valence-corrected chi connectivity index (χ3v) is 4.59. The maximum Gasteiger partial charge on any atom is 0.355 e. The Hall–Kier alpha value is -2.63. The maximum atomic E-state index is 13.6. The molecule has 1 amide bonds. The van der Waals surface area contributed by atoms with E-state index in [0.717, 1.165) is 16.8 Å². The number of nitrogens with one attached hydrogen (secondary N) is 1. The molecule has 26 heavy (non-hydrogen) atoms. The van der Waals surface area contributed by atoms with Crippen LogP contribution in [0.1, 0.15) is 46.2 Å². The highest BCUT2D eigenvalue weighted by atomic mass is 19.1. The molecule has 6 heteroatoms. The van der Waals surface area contributed by atoms with Gasteiger partial charge < -0.3 is 14.6 Å². The second-order valence-electron chi connectivity index (χ2n) is 6.19. The van der Waals surface area contributed by atoms with Gasteiger partial charge in [0.1, 0.15) is 11.5 Å². The summed E-state index contributed by atoms with van der Waals surface area (Å²) in [5.74, 6) is -0.846. The highest BCUT2D eigenvalue weighted by molar-refractivity contribution is 5.90. The number of carbonyl (C=O) groups excluding carboxylic acids is 2. The maximum absolute atomic E-state index is 13.6. The largest absolute Gasteiger partial charge is 0.461 e. The second kappa shape index (κ2) is 8.65. The molecule has 1 aromatic carbocycles. The Morgan fingerprint density at radius 2 is 1.92 bits per heavy atom. The van der Waals surface area contributed by atoms with Crippen LogP contribution in [0, 0.1) is 19.7 Å². The molecule has 0 unspecified atom stereocenters. The van der Waals surface area contributed by atoms with Gasteiger partial charge in [-0.25, -0.2) is 9.18 Å². The molecule has 0 aliphatic rings. The first-order valence-corrected chi connectivity index (χ1v) is 8.68. The number of aromatic nitrogens is 1. The van der Waals surface area contributed by atoms with Gasteiger partial charge >= 0.3 is 5.97 Å². The van der Waals surface area contributed by atoms with Gasteiger partial charge in [0.15, 0.2) is 0 Å². The fourth-order valence-electron chi connectivity index (χ4n) is 3.06. The molecule has 1 aromatic heterocycles. The number of hydrogen-bond acceptors (Lipinski definition) is 3. The molecular weight excluding hydrogens is 335 g/mol. The number of benzene rings is 1. The normalized spacial score (nSPS) is 10.7. The van der Waals surface area contributed by atoms with Crippen molar-refractivity contribution in [2.75, 3.05) is 6.61 Å². The highest BCUT2D eigenvalue weighted by Gasteiger charge is 2.22. The SMILES string of the molecule is CCOC(=O)c1c(C)c(CCC(=O)NCc2ccccc2F)c(C)n1C. The van der Waals surface area contributed by atoms with Crippen molar-refractivity contribution in [3.8, 4) is 0 Å². The molecule has 140 valence electrons. The van der Waals surface area contributed by atoms with Crippen molar-refractivity contribution in [1.82, 2.24) is 9.88 Å². The number of nitrogens with zero attached hydrogens (tertiary/aromatic N) is 1. The number of ether oxygens (including phenoxy) is 1. The van der Waals surface area contributed by atoms with E-state index in [1.807, 2.05) is 20.9 Å². The molecule has 0 radical (unpaired) electrons. The smallest absolute Gasteiger partial charge is 0.355 e. The van der Waals surface area contributed by atoms with Gasteiger partial charge in [0, 0.05) is 31.3 Å². The summed E-state index contributed by atoms with van der Waals surface area (Å²) in [4.78, 5) is 24.2. The third-order valence-electron chi connectivity index (χ3n) is 4.59. The van der Waals surface area contributed by atoms with E-state index < -0.39 is 0 Å². The van der Waals surface area contributed by atoms with Gasteiger partial charge in [-0.05, 0) is 44.4 Å². The minimum atomic E-state index is -0.356. The number of esters is 1. The van der Waals surface area contributed by atoms with Crippen molar-refractivity contribution in [3.63, 3.8) is 0 Å². The summed E-state index contributed by atoms with van der Waals surface area (Å²) in [7, 11) is 1.82. The van der Waals surface area contributed by atoms with E-state index in [-0.39, 0.29) is 30.7 Å². The van der Waals surface area contributed by atoms with Crippen LogP contribution < -0.4 is 5.32 Å². The number of amides is 1. The lowest BCUT2D eigenvalue weighted by Gasteiger charge is -2.07. The summed E-state index contributed by atoms with van der Waals surface area (Å²) in [5.41, 5.74) is 3.72. The van der Waals surface area contributed by atoms with E-state index in [9.17, 15) is 14.0 Å². The molecule has 0 aliphatic heterocycles. The monoisotopic (exact) mass is 360 g/mol. The average Bonchev–Trinajstić information content (AvgIpc) is 2.82. The summed E-state index contributed by atoms with van der Waals surface area (Å²) >= 11 is 0. The Morgan fingerprint density at radius 1 is 1.23 bits per heavy atom. The van der Waals surface area contributed by atoms with Gasteiger partial charge in [-0.15, -0.1) is 0 Å². The zero-order valence-corrected chi connectivity index (χ0v) is 15.7. The van der Waals surface area contributed by atoms with Crippen LogP contribution in [0.3, 0.4) is 0 Å². The number of carbonyl (C=O) groups is 2. The van der Waals surface area contributed by atoms with Crippen molar-refractivity contribution in [1.29, 1.82) is 0 Å². The van der Waals surface area contributed by atoms with Crippen LogP contribution in [-0.2, 0) is 29.5 Å². The Bertz CT molecular complexity index is 812. The van der Waals surface area contributed by atoms with Crippen LogP contribution in [-0.4, -0.2) is 23.1 Å².